The summed E-state index contributed by atoms with van der Waals surface area (Å²) in [5.74, 6) is 2.00. The Labute approximate surface area is 198 Å². The zero-order valence-corrected chi connectivity index (χ0v) is 22.2. The van der Waals surface area contributed by atoms with E-state index in [1.807, 2.05) is 0 Å². The summed E-state index contributed by atoms with van der Waals surface area (Å²) < 4.78 is 0. The first kappa shape index (κ1) is 24.5. The molecule has 0 saturated heterocycles. The molecule has 4 fully saturated rings. The lowest BCUT2D eigenvalue weighted by Gasteiger charge is -2.70. The number of hydrogen-bond donors (Lipinski definition) is 2. The molecule has 0 aromatic carbocycles. The van der Waals surface area contributed by atoms with Crippen molar-refractivity contribution in [3.05, 3.63) is 23.3 Å². The Bertz CT molecular complexity index is 789. The monoisotopic (exact) mass is 442 g/mol. The van der Waals surface area contributed by atoms with Crippen molar-refractivity contribution >= 4 is 0 Å². The van der Waals surface area contributed by atoms with Crippen LogP contribution in [0.5, 0.6) is 0 Å². The highest BCUT2D eigenvalue weighted by molar-refractivity contribution is 5.23. The average Bonchev–Trinajstić information content (AvgIpc) is 3.07. The summed E-state index contributed by atoms with van der Waals surface area (Å²) in [6.07, 6.45) is 13.3. The molecule has 0 radical (unpaired) electrons. The largest absolute Gasteiger partial charge is 0.393 e. The highest BCUT2D eigenvalue weighted by atomic mass is 16.3. The van der Waals surface area contributed by atoms with Crippen molar-refractivity contribution in [3.8, 4) is 0 Å². The van der Waals surface area contributed by atoms with Gasteiger partial charge < -0.3 is 10.2 Å². The van der Waals surface area contributed by atoms with Crippen molar-refractivity contribution in [2.75, 3.05) is 0 Å². The van der Waals surface area contributed by atoms with Gasteiger partial charge in [-0.05, 0) is 117 Å². The van der Waals surface area contributed by atoms with Crippen LogP contribution in [0.3, 0.4) is 0 Å². The topological polar surface area (TPSA) is 40.5 Å². The second kappa shape index (κ2) is 7.98. The van der Waals surface area contributed by atoms with Crippen LogP contribution in [0.1, 0.15) is 107 Å². The SMILES string of the molecule is CC(C)=CC/C=C(\C)[C@H]1CC[C@]2(C)[C@@H]1[C@H](O)CC1[C@@]3(C)CC[C@H](O)C(C)(C)[C@@H]3CC[C@]12C. The van der Waals surface area contributed by atoms with Crippen molar-refractivity contribution in [2.45, 2.75) is 119 Å². The molecule has 0 bridgehead atoms. The third-order valence-corrected chi connectivity index (χ3v) is 11.9. The van der Waals surface area contributed by atoms with Crippen LogP contribution in [0, 0.1) is 45.3 Å². The van der Waals surface area contributed by atoms with E-state index in [1.165, 1.54) is 36.8 Å². The van der Waals surface area contributed by atoms with E-state index in [2.05, 4.69) is 67.5 Å². The Morgan fingerprint density at radius 3 is 2.12 bits per heavy atom. The van der Waals surface area contributed by atoms with Gasteiger partial charge in [0.15, 0.2) is 0 Å². The molecule has 0 aromatic heterocycles. The van der Waals surface area contributed by atoms with Crippen molar-refractivity contribution in [2.24, 2.45) is 45.3 Å². The summed E-state index contributed by atoms with van der Waals surface area (Å²) in [4.78, 5) is 0. The van der Waals surface area contributed by atoms with E-state index in [9.17, 15) is 10.2 Å². The first-order chi connectivity index (χ1) is 14.8. The number of hydrogen-bond acceptors (Lipinski definition) is 2. The maximum atomic E-state index is 11.7. The van der Waals surface area contributed by atoms with Gasteiger partial charge in [-0.25, -0.2) is 0 Å². The predicted molar refractivity (Wildman–Crippen MR) is 134 cm³/mol. The standard InChI is InChI=1S/C30H50O2/c1-19(2)10-9-11-20(3)21-12-16-30(8)26(21)22(31)18-24-28(6)15-14-25(32)27(4,5)23(28)13-17-29(24,30)7/h10-11,21-26,31-32H,9,12-18H2,1-8H3/b20-11+/t21-,22-,23+,24?,25+,26+,28+,29-,30-/m1/s1. The molecule has 0 heterocycles. The molecule has 2 heteroatoms. The molecule has 9 atom stereocenters. The Balaban J connectivity index is 1.67. The van der Waals surface area contributed by atoms with Crippen molar-refractivity contribution < 1.29 is 10.2 Å². The van der Waals surface area contributed by atoms with Crippen molar-refractivity contribution in [1.82, 2.24) is 0 Å². The second-order valence-corrected chi connectivity index (χ2v) is 13.8. The summed E-state index contributed by atoms with van der Waals surface area (Å²) in [5.41, 5.74) is 3.54. The van der Waals surface area contributed by atoms with Crippen LogP contribution in [-0.2, 0) is 0 Å². The molecule has 0 spiro atoms. The minimum Gasteiger partial charge on any atom is -0.393 e. The van der Waals surface area contributed by atoms with E-state index in [1.54, 1.807) is 0 Å². The summed E-state index contributed by atoms with van der Waals surface area (Å²) >= 11 is 0. The maximum absolute atomic E-state index is 11.7. The van der Waals surface area contributed by atoms with E-state index in [0.717, 1.165) is 25.7 Å². The van der Waals surface area contributed by atoms with E-state index < -0.39 is 0 Å². The zero-order chi connectivity index (χ0) is 23.7. The van der Waals surface area contributed by atoms with Crippen LogP contribution in [0.15, 0.2) is 23.3 Å². The molecule has 0 amide bonds. The molecule has 2 N–H and O–H groups in total. The molecular formula is C30H50O2. The second-order valence-electron chi connectivity index (χ2n) is 13.8. The van der Waals surface area contributed by atoms with E-state index in [-0.39, 0.29) is 33.9 Å². The molecule has 0 aromatic rings. The predicted octanol–water partition coefficient (Wildman–Crippen LogP) is 7.31. The van der Waals surface area contributed by atoms with Crippen LogP contribution in [0.4, 0.5) is 0 Å². The molecule has 4 aliphatic rings. The number of aliphatic hydroxyl groups is 2. The number of allylic oxidation sites excluding steroid dienone is 4. The molecule has 2 nitrogen and oxygen atoms in total. The Morgan fingerprint density at radius 2 is 1.47 bits per heavy atom. The number of rotatable bonds is 3. The molecule has 182 valence electrons. The first-order valence-electron chi connectivity index (χ1n) is 13.4. The fourth-order valence-electron chi connectivity index (χ4n) is 9.89. The fourth-order valence-corrected chi connectivity index (χ4v) is 9.89. The molecule has 1 unspecified atom stereocenters. The molecule has 32 heavy (non-hydrogen) atoms. The third kappa shape index (κ3) is 3.33. The normalized spacial score (nSPS) is 50.2. The van der Waals surface area contributed by atoms with E-state index in [0.29, 0.717) is 23.7 Å². The van der Waals surface area contributed by atoms with Crippen LogP contribution in [0.2, 0.25) is 0 Å². The minimum atomic E-state index is -0.206. The summed E-state index contributed by atoms with van der Waals surface area (Å²) in [5, 5.41) is 22.6. The van der Waals surface area contributed by atoms with Crippen molar-refractivity contribution in [3.63, 3.8) is 0 Å². The van der Waals surface area contributed by atoms with Gasteiger partial charge >= 0.3 is 0 Å². The van der Waals surface area contributed by atoms with Crippen LogP contribution < -0.4 is 0 Å². The van der Waals surface area contributed by atoms with Crippen LogP contribution in [0.25, 0.3) is 0 Å². The quantitative estimate of drug-likeness (QED) is 0.450. The van der Waals surface area contributed by atoms with E-state index >= 15 is 0 Å². The number of fused-ring (bicyclic) bond motifs is 5. The van der Waals surface area contributed by atoms with Crippen LogP contribution >= 0.6 is 0 Å². The first-order valence-corrected chi connectivity index (χ1v) is 13.4. The lowest BCUT2D eigenvalue weighted by molar-refractivity contribution is -0.240. The molecule has 4 aliphatic carbocycles. The van der Waals surface area contributed by atoms with Crippen molar-refractivity contribution in [1.29, 1.82) is 0 Å². The fraction of sp³-hybridized carbons (Fsp3) is 0.867. The van der Waals surface area contributed by atoms with Gasteiger partial charge in [0.1, 0.15) is 0 Å². The smallest absolute Gasteiger partial charge is 0.0594 e. The zero-order valence-electron chi connectivity index (χ0n) is 22.2. The molecular weight excluding hydrogens is 392 g/mol. The molecule has 4 rings (SSSR count). The van der Waals surface area contributed by atoms with Gasteiger partial charge in [0, 0.05) is 0 Å². The van der Waals surface area contributed by atoms with E-state index in [4.69, 9.17) is 0 Å². The van der Waals surface area contributed by atoms with Gasteiger partial charge in [-0.1, -0.05) is 57.9 Å². The van der Waals surface area contributed by atoms with Gasteiger partial charge in [0.25, 0.3) is 0 Å². The van der Waals surface area contributed by atoms with Crippen LogP contribution in [-0.4, -0.2) is 22.4 Å². The third-order valence-electron chi connectivity index (χ3n) is 11.9. The Hall–Kier alpha value is -0.600. The van der Waals surface area contributed by atoms with Gasteiger partial charge in [-0.2, -0.15) is 0 Å². The molecule has 0 aliphatic heterocycles. The Morgan fingerprint density at radius 1 is 0.812 bits per heavy atom. The number of aliphatic hydroxyl groups excluding tert-OH is 2. The summed E-state index contributed by atoms with van der Waals surface area (Å²) in [7, 11) is 0. The summed E-state index contributed by atoms with van der Waals surface area (Å²) in [6.45, 7) is 18.9. The highest BCUT2D eigenvalue weighted by Crippen LogP contribution is 2.75. The molecule has 4 saturated carbocycles. The van der Waals surface area contributed by atoms with Gasteiger partial charge in [0.2, 0.25) is 0 Å². The van der Waals surface area contributed by atoms with Gasteiger partial charge in [0.05, 0.1) is 12.2 Å². The lowest BCUT2D eigenvalue weighted by Crippen LogP contribution is -2.66. The van der Waals surface area contributed by atoms with Gasteiger partial charge in [-0.15, -0.1) is 0 Å². The highest BCUT2D eigenvalue weighted by Gasteiger charge is 2.70. The van der Waals surface area contributed by atoms with Gasteiger partial charge in [-0.3, -0.25) is 0 Å². The summed E-state index contributed by atoms with van der Waals surface area (Å²) in [6, 6.07) is 0. The minimum absolute atomic E-state index is 0.0283. The lowest BCUT2D eigenvalue weighted by atomic mass is 9.35. The Kier molecular flexibility index (Phi) is 6.11. The average molecular weight is 443 g/mol. The maximum Gasteiger partial charge on any atom is 0.0594 e.